The van der Waals surface area contributed by atoms with Gasteiger partial charge in [0.15, 0.2) is 0 Å². The summed E-state index contributed by atoms with van der Waals surface area (Å²) >= 11 is 0. The summed E-state index contributed by atoms with van der Waals surface area (Å²) in [4.78, 5) is 20.7. The lowest BCUT2D eigenvalue weighted by atomic mass is 10.1. The van der Waals surface area contributed by atoms with Gasteiger partial charge in [0.1, 0.15) is 18.1 Å². The Labute approximate surface area is 141 Å². The van der Waals surface area contributed by atoms with Gasteiger partial charge in [-0.3, -0.25) is 4.99 Å². The predicted molar refractivity (Wildman–Crippen MR) is 95.7 cm³/mol. The van der Waals surface area contributed by atoms with Crippen LogP contribution in [-0.4, -0.2) is 48.5 Å². The predicted octanol–water partition coefficient (Wildman–Crippen LogP) is 3.22. The van der Waals surface area contributed by atoms with E-state index < -0.39 is 5.97 Å². The second-order valence-corrected chi connectivity index (χ2v) is 5.96. The number of aromatic amines is 1. The zero-order valence-corrected chi connectivity index (χ0v) is 14.5. The smallest absolute Gasteiger partial charge is 0.354 e. The first-order valence-corrected chi connectivity index (χ1v) is 7.59. The summed E-state index contributed by atoms with van der Waals surface area (Å²) in [6.07, 6.45) is 3.42. The maximum absolute atomic E-state index is 11.7. The Balaban J connectivity index is 2.25. The van der Waals surface area contributed by atoms with Crippen molar-refractivity contribution in [2.24, 2.45) is 4.99 Å². The second kappa shape index (κ2) is 7.21. The van der Waals surface area contributed by atoms with Gasteiger partial charge in [-0.2, -0.15) is 0 Å². The molecule has 0 aliphatic heterocycles. The minimum Gasteiger partial charge on any atom is -0.489 e. The zero-order chi connectivity index (χ0) is 17.7. The van der Waals surface area contributed by atoms with Crippen LogP contribution in [0.2, 0.25) is 0 Å². The van der Waals surface area contributed by atoms with Crippen molar-refractivity contribution in [1.29, 1.82) is 0 Å². The monoisotopic (exact) mass is 329 g/mol. The fourth-order valence-electron chi connectivity index (χ4n) is 2.37. The lowest BCUT2D eigenvalue weighted by molar-refractivity contribution is 0.0595. The Bertz CT molecular complexity index is 762. The minimum absolute atomic E-state index is 0.332. The molecule has 0 spiro atoms. The van der Waals surface area contributed by atoms with E-state index >= 15 is 0 Å². The van der Waals surface area contributed by atoms with E-state index in [4.69, 9.17) is 9.47 Å². The van der Waals surface area contributed by atoms with E-state index in [0.717, 1.165) is 10.9 Å². The van der Waals surface area contributed by atoms with Crippen LogP contribution in [0, 0.1) is 0 Å². The molecule has 2 rings (SSSR count). The van der Waals surface area contributed by atoms with Crippen LogP contribution >= 0.6 is 0 Å². The van der Waals surface area contributed by atoms with Gasteiger partial charge in [0.05, 0.1) is 24.5 Å². The Morgan fingerprint density at radius 3 is 2.83 bits per heavy atom. The number of hydrogen-bond donors (Lipinski definition) is 1. The molecule has 1 aromatic carbocycles. The van der Waals surface area contributed by atoms with E-state index in [2.05, 4.69) is 16.6 Å². The number of ether oxygens (including phenoxy) is 2. The average Bonchev–Trinajstić information content (AvgIpc) is 3.01. The molecule has 1 aromatic heterocycles. The van der Waals surface area contributed by atoms with Gasteiger partial charge in [0.25, 0.3) is 0 Å². The summed E-state index contributed by atoms with van der Waals surface area (Å²) in [5, 5.41) is 0.890. The molecule has 0 unspecified atom stereocenters. The van der Waals surface area contributed by atoms with E-state index in [1.54, 1.807) is 25.7 Å². The first-order chi connectivity index (χ1) is 11.4. The molecule has 0 aliphatic carbocycles. The third-order valence-electron chi connectivity index (χ3n) is 3.74. The normalized spacial score (nSPS) is 11.7. The van der Waals surface area contributed by atoms with Gasteiger partial charge in [-0.15, -0.1) is 0 Å². The van der Waals surface area contributed by atoms with Crippen molar-refractivity contribution < 1.29 is 14.3 Å². The van der Waals surface area contributed by atoms with Crippen LogP contribution < -0.4 is 4.74 Å². The Morgan fingerprint density at radius 2 is 2.21 bits per heavy atom. The number of methoxy groups -OCH3 is 1. The Hall–Kier alpha value is -2.76. The summed E-state index contributed by atoms with van der Waals surface area (Å²) in [6, 6.07) is 7.41. The number of carbonyl (C=O) groups is 1. The summed E-state index contributed by atoms with van der Waals surface area (Å²) in [7, 11) is 3.06. The Morgan fingerprint density at radius 1 is 1.46 bits per heavy atom. The van der Waals surface area contributed by atoms with Crippen molar-refractivity contribution in [2.45, 2.75) is 19.4 Å². The van der Waals surface area contributed by atoms with Gasteiger partial charge >= 0.3 is 5.97 Å². The van der Waals surface area contributed by atoms with Crippen molar-refractivity contribution in [1.82, 2.24) is 9.88 Å². The number of para-hydroxylation sites is 1. The summed E-state index contributed by atoms with van der Waals surface area (Å²) in [5.74, 6) is 0.266. The first kappa shape index (κ1) is 17.6. The van der Waals surface area contributed by atoms with E-state index in [0.29, 0.717) is 18.1 Å². The van der Waals surface area contributed by atoms with Crippen molar-refractivity contribution in [2.75, 3.05) is 20.8 Å². The molecule has 0 radical (unpaired) electrons. The van der Waals surface area contributed by atoms with Crippen molar-refractivity contribution in [3.63, 3.8) is 0 Å². The van der Waals surface area contributed by atoms with E-state index in [-0.39, 0.29) is 5.54 Å². The van der Waals surface area contributed by atoms with Crippen LogP contribution in [0.25, 0.3) is 10.9 Å². The molecule has 6 nitrogen and oxygen atoms in total. The highest BCUT2D eigenvalue weighted by molar-refractivity contribution is 5.96. The van der Waals surface area contributed by atoms with Crippen LogP contribution in [0.15, 0.2) is 42.0 Å². The van der Waals surface area contributed by atoms with Crippen LogP contribution in [0.4, 0.5) is 0 Å². The number of H-pyrrole nitrogens is 1. The third-order valence-corrected chi connectivity index (χ3v) is 3.74. The molecule has 0 bridgehead atoms. The van der Waals surface area contributed by atoms with E-state index in [1.807, 2.05) is 36.9 Å². The number of nitrogens with zero attached hydrogens (tertiary/aromatic N) is 2. The highest BCUT2D eigenvalue weighted by atomic mass is 16.5. The molecule has 1 heterocycles. The fourth-order valence-corrected chi connectivity index (χ4v) is 2.37. The van der Waals surface area contributed by atoms with Crippen LogP contribution in [0.3, 0.4) is 0 Å². The molecule has 0 amide bonds. The van der Waals surface area contributed by atoms with Gasteiger partial charge in [-0.05, 0) is 32.2 Å². The lowest BCUT2D eigenvalue weighted by Gasteiger charge is -2.34. The second-order valence-electron chi connectivity index (χ2n) is 5.96. The molecule has 6 heteroatoms. The van der Waals surface area contributed by atoms with Gasteiger partial charge in [-0.25, -0.2) is 4.79 Å². The molecule has 0 fully saturated rings. The Kier molecular flexibility index (Phi) is 5.28. The highest BCUT2D eigenvalue weighted by Crippen LogP contribution is 2.27. The standard InChI is InChI=1S/C18H23N3O3/c1-6-21(12-19-4)18(2,3)11-24-15-9-7-8-13-10-14(17(22)23-5)20-16(13)15/h6-10,12,20H,1,11H2,2-5H3. The first-order valence-electron chi connectivity index (χ1n) is 7.59. The summed E-state index contributed by atoms with van der Waals surface area (Å²) in [6.45, 7) is 8.28. The average molecular weight is 329 g/mol. The maximum atomic E-state index is 11.7. The molecule has 0 aliphatic rings. The molecule has 1 N–H and O–H groups in total. The number of benzene rings is 1. The highest BCUT2D eigenvalue weighted by Gasteiger charge is 2.24. The number of rotatable bonds is 7. The summed E-state index contributed by atoms with van der Waals surface area (Å²) < 4.78 is 10.8. The summed E-state index contributed by atoms with van der Waals surface area (Å²) in [5.41, 5.74) is 0.831. The van der Waals surface area contributed by atoms with Crippen molar-refractivity contribution in [3.05, 3.63) is 42.7 Å². The minimum atomic E-state index is -0.408. The molecule has 0 saturated carbocycles. The molecule has 2 aromatic rings. The SMILES string of the molecule is C=CN(C=NC)C(C)(C)COc1cccc2cc(C(=O)OC)[nH]c12. The molecule has 0 saturated heterocycles. The number of esters is 1. The van der Waals surface area contributed by atoms with Gasteiger partial charge in [0, 0.05) is 12.4 Å². The number of nitrogens with one attached hydrogen (secondary N) is 1. The maximum Gasteiger partial charge on any atom is 0.354 e. The quantitative estimate of drug-likeness (QED) is 0.481. The van der Waals surface area contributed by atoms with Gasteiger partial charge in [-0.1, -0.05) is 18.7 Å². The van der Waals surface area contributed by atoms with Crippen LogP contribution in [0.5, 0.6) is 5.75 Å². The van der Waals surface area contributed by atoms with Gasteiger partial charge < -0.3 is 19.4 Å². The fraction of sp³-hybridized carbons (Fsp3) is 0.333. The zero-order valence-electron chi connectivity index (χ0n) is 14.5. The number of carbonyl (C=O) groups excluding carboxylic acids is 1. The number of aliphatic imine (C=N–C) groups is 1. The number of fused-ring (bicyclic) bond motifs is 1. The molecular formula is C18H23N3O3. The van der Waals surface area contributed by atoms with E-state index in [9.17, 15) is 4.79 Å². The largest absolute Gasteiger partial charge is 0.489 e. The molecule has 0 atom stereocenters. The van der Waals surface area contributed by atoms with Crippen molar-refractivity contribution in [3.8, 4) is 5.75 Å². The number of aromatic nitrogens is 1. The van der Waals surface area contributed by atoms with Crippen LogP contribution in [-0.2, 0) is 4.74 Å². The topological polar surface area (TPSA) is 66.9 Å². The molecular weight excluding hydrogens is 306 g/mol. The number of hydrogen-bond acceptors (Lipinski definition) is 4. The molecule has 24 heavy (non-hydrogen) atoms. The van der Waals surface area contributed by atoms with Crippen LogP contribution in [0.1, 0.15) is 24.3 Å². The van der Waals surface area contributed by atoms with Crippen molar-refractivity contribution >= 4 is 23.2 Å². The van der Waals surface area contributed by atoms with Gasteiger partial charge in [0.2, 0.25) is 0 Å². The van der Waals surface area contributed by atoms with E-state index in [1.165, 1.54) is 7.11 Å². The molecule has 128 valence electrons. The third kappa shape index (κ3) is 3.59. The lowest BCUT2D eigenvalue weighted by Crippen LogP contribution is -2.44.